The Kier molecular flexibility index (Phi) is 4.71. The third-order valence-corrected chi connectivity index (χ3v) is 6.89. The third kappa shape index (κ3) is 3.33. The summed E-state index contributed by atoms with van der Waals surface area (Å²) in [4.78, 5) is 46.9. The van der Waals surface area contributed by atoms with Crippen LogP contribution >= 0.6 is 11.3 Å². The van der Waals surface area contributed by atoms with E-state index in [4.69, 9.17) is 4.98 Å². The molecular weight excluding hydrogens is 400 g/mol. The second kappa shape index (κ2) is 7.53. The summed E-state index contributed by atoms with van der Waals surface area (Å²) >= 11 is 1.72. The van der Waals surface area contributed by atoms with Crippen LogP contribution in [-0.2, 0) is 11.3 Å². The number of thiazole rings is 1. The molecule has 0 atom stereocenters. The lowest BCUT2D eigenvalue weighted by atomic mass is 9.97. The summed E-state index contributed by atoms with van der Waals surface area (Å²) in [6, 6.07) is 14.9. The van der Waals surface area contributed by atoms with E-state index >= 15 is 0 Å². The number of nitrogens with one attached hydrogen (secondary N) is 1. The summed E-state index contributed by atoms with van der Waals surface area (Å²) in [5, 5.41) is 1.52. The molecule has 5 rings (SSSR count). The Hall–Kier alpha value is -3.26. The number of para-hydroxylation sites is 2. The molecule has 8 heteroatoms. The predicted octanol–water partition coefficient (Wildman–Crippen LogP) is 2.71. The Morgan fingerprint density at radius 2 is 1.80 bits per heavy atom. The minimum Gasteiger partial charge on any atom is -0.341 e. The van der Waals surface area contributed by atoms with Crippen LogP contribution in [0.25, 0.3) is 21.1 Å². The van der Waals surface area contributed by atoms with Crippen molar-refractivity contribution in [1.82, 2.24) is 19.4 Å². The molecule has 0 bridgehead atoms. The van der Waals surface area contributed by atoms with Gasteiger partial charge < -0.3 is 9.88 Å². The number of carbonyl (C=O) groups excluding carboxylic acids is 1. The number of amides is 1. The second-order valence-electron chi connectivity index (χ2n) is 7.54. The molecule has 0 saturated carbocycles. The quantitative estimate of drug-likeness (QED) is 0.552. The number of hydrogen-bond acceptors (Lipinski definition) is 5. The molecule has 1 aliphatic heterocycles. The Balaban J connectivity index is 1.30. The number of H-pyrrole nitrogens is 1. The van der Waals surface area contributed by atoms with Crippen molar-refractivity contribution in [1.29, 1.82) is 0 Å². The highest BCUT2D eigenvalue weighted by atomic mass is 32.1. The van der Waals surface area contributed by atoms with Gasteiger partial charge in [-0.3, -0.25) is 14.2 Å². The molecule has 152 valence electrons. The highest BCUT2D eigenvalue weighted by Crippen LogP contribution is 2.33. The fourth-order valence-electron chi connectivity index (χ4n) is 4.02. The third-order valence-electron chi connectivity index (χ3n) is 5.69. The molecule has 0 unspecified atom stereocenters. The lowest BCUT2D eigenvalue weighted by Crippen LogP contribution is -2.44. The van der Waals surface area contributed by atoms with E-state index in [0.717, 1.165) is 27.9 Å². The molecule has 1 N–H and O–H groups in total. The zero-order valence-corrected chi connectivity index (χ0v) is 17.0. The molecule has 4 aromatic rings. The maximum Gasteiger partial charge on any atom is 0.329 e. The largest absolute Gasteiger partial charge is 0.341 e. The number of carbonyl (C=O) groups is 1. The highest BCUT2D eigenvalue weighted by Gasteiger charge is 2.26. The monoisotopic (exact) mass is 420 g/mol. The van der Waals surface area contributed by atoms with Crippen LogP contribution in [0.1, 0.15) is 23.8 Å². The van der Waals surface area contributed by atoms with Crippen LogP contribution in [0.4, 0.5) is 0 Å². The Morgan fingerprint density at radius 3 is 2.60 bits per heavy atom. The van der Waals surface area contributed by atoms with Gasteiger partial charge in [-0.1, -0.05) is 24.3 Å². The van der Waals surface area contributed by atoms with Crippen molar-refractivity contribution >= 4 is 38.4 Å². The molecule has 1 saturated heterocycles. The van der Waals surface area contributed by atoms with E-state index in [0.29, 0.717) is 29.9 Å². The number of nitrogens with zero attached hydrogens (tertiary/aromatic N) is 3. The smallest absolute Gasteiger partial charge is 0.329 e. The van der Waals surface area contributed by atoms with Crippen LogP contribution < -0.4 is 11.2 Å². The maximum atomic E-state index is 12.8. The lowest BCUT2D eigenvalue weighted by molar-refractivity contribution is -0.133. The van der Waals surface area contributed by atoms with Gasteiger partial charge in [0, 0.05) is 19.0 Å². The standard InChI is InChI=1S/C22H20N4O3S/c27-19(13-26-21(28)15-5-1-2-6-16(15)24-22(26)29)25-11-9-14(10-12-25)20-23-17-7-3-4-8-18(17)30-20/h1-8,14H,9-13H2,(H,24,29). The SMILES string of the molecule is O=C(Cn1c(=O)[nH]c2ccccc2c1=O)N1CCC(c2nc3ccccc3s2)CC1. The van der Waals surface area contributed by atoms with E-state index in [-0.39, 0.29) is 12.5 Å². The predicted molar refractivity (Wildman–Crippen MR) is 117 cm³/mol. The molecule has 3 heterocycles. The first kappa shape index (κ1) is 18.7. The van der Waals surface area contributed by atoms with Crippen molar-refractivity contribution in [3.63, 3.8) is 0 Å². The lowest BCUT2D eigenvalue weighted by Gasteiger charge is -2.31. The summed E-state index contributed by atoms with van der Waals surface area (Å²) in [6.07, 6.45) is 1.66. The van der Waals surface area contributed by atoms with Gasteiger partial charge in [0.15, 0.2) is 0 Å². The number of hydrogen-bond donors (Lipinski definition) is 1. The van der Waals surface area contributed by atoms with Gasteiger partial charge in [-0.2, -0.15) is 0 Å². The van der Waals surface area contributed by atoms with E-state index in [9.17, 15) is 14.4 Å². The van der Waals surface area contributed by atoms with Crippen molar-refractivity contribution in [2.45, 2.75) is 25.3 Å². The van der Waals surface area contributed by atoms with Crippen LogP contribution in [0.2, 0.25) is 0 Å². The summed E-state index contributed by atoms with van der Waals surface area (Å²) in [6.45, 7) is 0.949. The highest BCUT2D eigenvalue weighted by molar-refractivity contribution is 7.18. The Bertz CT molecular complexity index is 1330. The van der Waals surface area contributed by atoms with Gasteiger partial charge in [0.1, 0.15) is 6.54 Å². The Labute approximate surface area is 175 Å². The topological polar surface area (TPSA) is 88.1 Å². The number of piperidine rings is 1. The average molecular weight is 420 g/mol. The molecule has 1 fully saturated rings. The van der Waals surface area contributed by atoms with E-state index in [2.05, 4.69) is 11.1 Å². The zero-order valence-electron chi connectivity index (χ0n) is 16.2. The minimum absolute atomic E-state index is 0.208. The molecule has 7 nitrogen and oxygen atoms in total. The molecule has 0 aliphatic carbocycles. The number of aromatic nitrogens is 3. The Morgan fingerprint density at radius 1 is 1.07 bits per heavy atom. The van der Waals surface area contributed by atoms with E-state index in [1.54, 1.807) is 40.5 Å². The molecule has 1 amide bonds. The average Bonchev–Trinajstić information content (AvgIpc) is 3.21. The van der Waals surface area contributed by atoms with Crippen LogP contribution in [0.5, 0.6) is 0 Å². The molecule has 0 spiro atoms. The number of benzene rings is 2. The molecular formula is C22H20N4O3S. The van der Waals surface area contributed by atoms with Gasteiger partial charge in [0.25, 0.3) is 5.56 Å². The van der Waals surface area contributed by atoms with E-state index in [1.807, 2.05) is 18.2 Å². The van der Waals surface area contributed by atoms with Crippen molar-refractivity contribution in [3.8, 4) is 0 Å². The van der Waals surface area contributed by atoms with Crippen LogP contribution in [0.15, 0.2) is 58.1 Å². The maximum absolute atomic E-state index is 12.8. The summed E-state index contributed by atoms with van der Waals surface area (Å²) < 4.78 is 2.17. The molecule has 0 radical (unpaired) electrons. The van der Waals surface area contributed by atoms with E-state index in [1.165, 1.54) is 4.70 Å². The van der Waals surface area contributed by atoms with Gasteiger partial charge in [0.2, 0.25) is 5.91 Å². The first-order valence-electron chi connectivity index (χ1n) is 9.95. The summed E-state index contributed by atoms with van der Waals surface area (Å²) in [5.74, 6) is 0.124. The molecule has 30 heavy (non-hydrogen) atoms. The van der Waals surface area contributed by atoms with Gasteiger partial charge in [-0.05, 0) is 37.1 Å². The zero-order chi connectivity index (χ0) is 20.7. The minimum atomic E-state index is -0.559. The van der Waals surface area contributed by atoms with Crippen molar-refractivity contribution in [2.24, 2.45) is 0 Å². The number of fused-ring (bicyclic) bond motifs is 2. The van der Waals surface area contributed by atoms with Gasteiger partial charge in [0.05, 0.1) is 26.1 Å². The van der Waals surface area contributed by atoms with Gasteiger partial charge in [-0.25, -0.2) is 9.78 Å². The van der Waals surface area contributed by atoms with Crippen molar-refractivity contribution < 1.29 is 4.79 Å². The number of aromatic amines is 1. The first-order chi connectivity index (χ1) is 14.6. The van der Waals surface area contributed by atoms with Crippen LogP contribution in [0.3, 0.4) is 0 Å². The molecule has 1 aliphatic rings. The van der Waals surface area contributed by atoms with Gasteiger partial charge >= 0.3 is 5.69 Å². The van der Waals surface area contributed by atoms with Crippen LogP contribution in [-0.4, -0.2) is 38.4 Å². The molecule has 2 aromatic carbocycles. The van der Waals surface area contributed by atoms with Crippen molar-refractivity contribution in [2.75, 3.05) is 13.1 Å². The normalized spacial score (nSPS) is 15.1. The van der Waals surface area contributed by atoms with Crippen LogP contribution in [0, 0.1) is 0 Å². The van der Waals surface area contributed by atoms with Crippen molar-refractivity contribution in [3.05, 3.63) is 74.4 Å². The number of rotatable bonds is 3. The second-order valence-corrected chi connectivity index (χ2v) is 8.60. The summed E-state index contributed by atoms with van der Waals surface area (Å²) in [7, 11) is 0. The molecule has 2 aromatic heterocycles. The fraction of sp³-hybridized carbons (Fsp3) is 0.273. The van der Waals surface area contributed by atoms with Gasteiger partial charge in [-0.15, -0.1) is 11.3 Å². The summed E-state index contributed by atoms with van der Waals surface area (Å²) in [5.41, 5.74) is 0.502. The number of likely N-dealkylation sites (tertiary alicyclic amines) is 1. The van der Waals surface area contributed by atoms with E-state index < -0.39 is 11.2 Å². The first-order valence-corrected chi connectivity index (χ1v) is 10.8. The fourth-order valence-corrected chi connectivity index (χ4v) is 5.15.